The van der Waals surface area contributed by atoms with Crippen LogP contribution in [-0.2, 0) is 4.74 Å². The minimum absolute atomic E-state index is 0.00946. The monoisotopic (exact) mass is 242 g/mol. The van der Waals surface area contributed by atoms with Gasteiger partial charge < -0.3 is 9.84 Å². The maximum absolute atomic E-state index is 9.20. The van der Waals surface area contributed by atoms with Gasteiger partial charge >= 0.3 is 0 Å². The molecule has 2 nitrogen and oxygen atoms in total. The third-order valence-electron chi connectivity index (χ3n) is 3.70. The van der Waals surface area contributed by atoms with E-state index in [1.54, 1.807) is 0 Å². The van der Waals surface area contributed by atoms with Crippen LogP contribution in [0.3, 0.4) is 0 Å². The molecule has 94 valence electrons. The molecule has 2 unspecified atom stereocenters. The molecule has 0 spiro atoms. The summed E-state index contributed by atoms with van der Waals surface area (Å²) in [6, 6.07) is 14.9. The smallest absolute Gasteiger partial charge is 0.0830 e. The molecule has 2 aromatic carbocycles. The van der Waals surface area contributed by atoms with Crippen LogP contribution in [0, 0.1) is 0 Å². The highest BCUT2D eigenvalue weighted by molar-refractivity contribution is 5.83. The van der Waals surface area contributed by atoms with E-state index in [2.05, 4.69) is 42.5 Å². The van der Waals surface area contributed by atoms with Crippen molar-refractivity contribution in [2.45, 2.75) is 31.5 Å². The molecule has 1 heterocycles. The summed E-state index contributed by atoms with van der Waals surface area (Å²) in [5, 5.41) is 11.7. The first-order valence-corrected chi connectivity index (χ1v) is 6.62. The molecule has 0 saturated carbocycles. The summed E-state index contributed by atoms with van der Waals surface area (Å²) < 4.78 is 5.92. The van der Waals surface area contributed by atoms with Gasteiger partial charge in [0.05, 0.1) is 18.8 Å². The molecule has 18 heavy (non-hydrogen) atoms. The topological polar surface area (TPSA) is 29.5 Å². The Morgan fingerprint density at radius 2 is 1.89 bits per heavy atom. The van der Waals surface area contributed by atoms with Crippen molar-refractivity contribution in [1.82, 2.24) is 0 Å². The molecule has 0 aromatic heterocycles. The molecule has 0 radical (unpaired) electrons. The summed E-state index contributed by atoms with van der Waals surface area (Å²) >= 11 is 0. The van der Waals surface area contributed by atoms with Crippen molar-refractivity contribution >= 4 is 10.8 Å². The minimum atomic E-state index is 0.00946. The lowest BCUT2D eigenvalue weighted by atomic mass is 9.96. The highest BCUT2D eigenvalue weighted by atomic mass is 16.5. The van der Waals surface area contributed by atoms with Crippen molar-refractivity contribution in [2.24, 2.45) is 0 Å². The van der Waals surface area contributed by atoms with Gasteiger partial charge in [-0.1, -0.05) is 36.4 Å². The van der Waals surface area contributed by atoms with E-state index >= 15 is 0 Å². The van der Waals surface area contributed by atoms with Crippen molar-refractivity contribution in [1.29, 1.82) is 0 Å². The third kappa shape index (κ3) is 2.26. The average molecular weight is 242 g/mol. The van der Waals surface area contributed by atoms with Crippen molar-refractivity contribution in [3.8, 4) is 0 Å². The van der Waals surface area contributed by atoms with E-state index in [1.807, 2.05) is 0 Å². The van der Waals surface area contributed by atoms with Crippen LogP contribution >= 0.6 is 0 Å². The maximum Gasteiger partial charge on any atom is 0.0830 e. The van der Waals surface area contributed by atoms with E-state index in [4.69, 9.17) is 4.74 Å². The molecular formula is C16H18O2. The maximum atomic E-state index is 9.20. The van der Waals surface area contributed by atoms with Gasteiger partial charge in [-0.2, -0.15) is 0 Å². The summed E-state index contributed by atoms with van der Waals surface area (Å²) in [7, 11) is 0. The lowest BCUT2D eigenvalue weighted by molar-refractivity contribution is -0.0736. The molecule has 2 atom stereocenters. The van der Waals surface area contributed by atoms with E-state index in [0.29, 0.717) is 0 Å². The van der Waals surface area contributed by atoms with Gasteiger partial charge in [0.15, 0.2) is 0 Å². The summed E-state index contributed by atoms with van der Waals surface area (Å²) in [4.78, 5) is 0. The van der Waals surface area contributed by atoms with E-state index in [9.17, 15) is 5.11 Å². The van der Waals surface area contributed by atoms with Crippen LogP contribution < -0.4 is 0 Å². The number of aliphatic hydroxyl groups is 1. The van der Waals surface area contributed by atoms with Gasteiger partial charge in [0, 0.05) is 0 Å². The second kappa shape index (κ2) is 5.09. The van der Waals surface area contributed by atoms with Gasteiger partial charge in [-0.25, -0.2) is 0 Å². The fourth-order valence-corrected chi connectivity index (χ4v) is 2.69. The molecule has 2 aromatic rings. The van der Waals surface area contributed by atoms with Gasteiger partial charge in [0.2, 0.25) is 0 Å². The van der Waals surface area contributed by atoms with Crippen LogP contribution in [0.25, 0.3) is 10.8 Å². The molecule has 0 bridgehead atoms. The van der Waals surface area contributed by atoms with Gasteiger partial charge in [-0.15, -0.1) is 0 Å². The van der Waals surface area contributed by atoms with Crippen LogP contribution in [0.1, 0.15) is 30.9 Å². The van der Waals surface area contributed by atoms with Gasteiger partial charge in [0.25, 0.3) is 0 Å². The van der Waals surface area contributed by atoms with Gasteiger partial charge in [0.1, 0.15) is 0 Å². The van der Waals surface area contributed by atoms with E-state index < -0.39 is 0 Å². The van der Waals surface area contributed by atoms with E-state index in [-0.39, 0.29) is 18.8 Å². The van der Waals surface area contributed by atoms with E-state index in [1.165, 1.54) is 16.3 Å². The number of benzene rings is 2. The van der Waals surface area contributed by atoms with Crippen LogP contribution in [0.5, 0.6) is 0 Å². The van der Waals surface area contributed by atoms with Crippen molar-refractivity contribution < 1.29 is 9.84 Å². The Morgan fingerprint density at radius 1 is 1.06 bits per heavy atom. The molecule has 3 rings (SSSR count). The number of rotatable bonds is 2. The van der Waals surface area contributed by atoms with Crippen LogP contribution in [-0.4, -0.2) is 17.8 Å². The Kier molecular flexibility index (Phi) is 3.31. The summed E-state index contributed by atoms with van der Waals surface area (Å²) in [5.74, 6) is 0. The predicted molar refractivity (Wildman–Crippen MR) is 72.5 cm³/mol. The first kappa shape index (κ1) is 11.7. The summed E-state index contributed by atoms with van der Waals surface area (Å²) in [6.07, 6.45) is 3.30. The standard InChI is InChI=1S/C16H18O2/c17-11-15-6-3-7-16(18-15)14-9-8-12-4-1-2-5-13(12)10-14/h1-2,4-5,8-10,15-17H,3,6-7,11H2. The quantitative estimate of drug-likeness (QED) is 0.874. The summed E-state index contributed by atoms with van der Waals surface area (Å²) in [6.45, 7) is 0.129. The second-order valence-electron chi connectivity index (χ2n) is 4.97. The predicted octanol–water partition coefficient (Wildman–Crippen LogP) is 3.44. The number of fused-ring (bicyclic) bond motifs is 1. The second-order valence-corrected chi connectivity index (χ2v) is 4.97. The first-order valence-electron chi connectivity index (χ1n) is 6.62. The molecule has 2 heteroatoms. The van der Waals surface area contributed by atoms with Crippen LogP contribution in [0.15, 0.2) is 42.5 Å². The molecule has 1 N–H and O–H groups in total. The normalized spacial score (nSPS) is 24.3. The average Bonchev–Trinajstić information content (AvgIpc) is 2.47. The fraction of sp³-hybridized carbons (Fsp3) is 0.375. The molecule has 1 fully saturated rings. The number of aliphatic hydroxyl groups excluding tert-OH is 1. The van der Waals surface area contributed by atoms with Crippen molar-refractivity contribution in [2.75, 3.05) is 6.61 Å². The molecule has 1 aliphatic heterocycles. The Hall–Kier alpha value is -1.38. The lowest BCUT2D eigenvalue weighted by Crippen LogP contribution is -2.25. The Labute approximate surface area is 107 Å². The zero-order chi connectivity index (χ0) is 12.4. The van der Waals surface area contributed by atoms with Crippen LogP contribution in [0.4, 0.5) is 0 Å². The fourth-order valence-electron chi connectivity index (χ4n) is 2.69. The van der Waals surface area contributed by atoms with Gasteiger partial charge in [-0.3, -0.25) is 0 Å². The number of hydrogen-bond acceptors (Lipinski definition) is 2. The van der Waals surface area contributed by atoms with Crippen LogP contribution in [0.2, 0.25) is 0 Å². The molecule has 0 amide bonds. The van der Waals surface area contributed by atoms with Gasteiger partial charge in [-0.05, 0) is 41.7 Å². The SMILES string of the molecule is OCC1CCCC(c2ccc3ccccc3c2)O1. The molecular weight excluding hydrogens is 224 g/mol. The first-order chi connectivity index (χ1) is 8.86. The van der Waals surface area contributed by atoms with Crippen molar-refractivity contribution in [3.05, 3.63) is 48.0 Å². The largest absolute Gasteiger partial charge is 0.394 e. The van der Waals surface area contributed by atoms with E-state index in [0.717, 1.165) is 19.3 Å². The van der Waals surface area contributed by atoms with Crippen molar-refractivity contribution in [3.63, 3.8) is 0 Å². The molecule has 1 saturated heterocycles. The molecule has 0 aliphatic carbocycles. The highest BCUT2D eigenvalue weighted by Gasteiger charge is 2.23. The minimum Gasteiger partial charge on any atom is -0.394 e. The number of hydrogen-bond donors (Lipinski definition) is 1. The third-order valence-corrected chi connectivity index (χ3v) is 3.70. The molecule has 1 aliphatic rings. The Balaban J connectivity index is 1.89. The highest BCUT2D eigenvalue weighted by Crippen LogP contribution is 2.32. The number of ether oxygens (including phenoxy) is 1. The zero-order valence-electron chi connectivity index (χ0n) is 10.4. The Bertz CT molecular complexity index is 535. The summed E-state index contributed by atoms with van der Waals surface area (Å²) in [5.41, 5.74) is 1.23. The zero-order valence-corrected chi connectivity index (χ0v) is 10.4. The lowest BCUT2D eigenvalue weighted by Gasteiger charge is -2.29. The Morgan fingerprint density at radius 3 is 2.72 bits per heavy atom.